The molecule has 0 aliphatic heterocycles. The van der Waals surface area contributed by atoms with Crippen LogP contribution < -0.4 is 5.90 Å². The standard InChI is InChI=1S/C9H17N3O/c1-9(2,3)8-7(4-5-13-10)6-11-12-8/h6H,4-5,10H2,1-3H3,(H,11,12). The zero-order valence-corrected chi connectivity index (χ0v) is 8.42. The van der Waals surface area contributed by atoms with Crippen molar-refractivity contribution in [3.8, 4) is 0 Å². The largest absolute Gasteiger partial charge is 0.304 e. The molecule has 0 amide bonds. The molecule has 4 heteroatoms. The van der Waals surface area contributed by atoms with Gasteiger partial charge in [-0.3, -0.25) is 5.10 Å². The highest BCUT2D eigenvalue weighted by Crippen LogP contribution is 2.23. The molecule has 1 aromatic heterocycles. The van der Waals surface area contributed by atoms with Crippen molar-refractivity contribution in [1.82, 2.24) is 10.2 Å². The molecule has 0 atom stereocenters. The second-order valence-electron chi connectivity index (χ2n) is 4.14. The summed E-state index contributed by atoms with van der Waals surface area (Å²) in [4.78, 5) is 4.54. The van der Waals surface area contributed by atoms with Gasteiger partial charge in [0.05, 0.1) is 12.8 Å². The second kappa shape index (κ2) is 3.89. The molecule has 0 spiro atoms. The van der Waals surface area contributed by atoms with Crippen LogP contribution in [0.3, 0.4) is 0 Å². The molecule has 0 aliphatic rings. The predicted octanol–water partition coefficient (Wildman–Crippen LogP) is 1.14. The minimum atomic E-state index is 0.0977. The van der Waals surface area contributed by atoms with Crippen LogP contribution in [-0.4, -0.2) is 16.8 Å². The van der Waals surface area contributed by atoms with E-state index in [9.17, 15) is 0 Å². The van der Waals surface area contributed by atoms with E-state index in [4.69, 9.17) is 5.90 Å². The maximum atomic E-state index is 4.97. The fourth-order valence-electron chi connectivity index (χ4n) is 1.32. The molecule has 4 nitrogen and oxygen atoms in total. The summed E-state index contributed by atoms with van der Waals surface area (Å²) >= 11 is 0. The highest BCUT2D eigenvalue weighted by molar-refractivity contribution is 5.23. The van der Waals surface area contributed by atoms with Crippen LogP contribution in [0, 0.1) is 0 Å². The van der Waals surface area contributed by atoms with Gasteiger partial charge in [0.25, 0.3) is 0 Å². The maximum absolute atomic E-state index is 4.97. The Morgan fingerprint density at radius 3 is 2.77 bits per heavy atom. The molecule has 1 heterocycles. The molecule has 13 heavy (non-hydrogen) atoms. The van der Waals surface area contributed by atoms with Gasteiger partial charge in [0.2, 0.25) is 0 Å². The number of aromatic amines is 1. The number of nitrogens with two attached hydrogens (primary N) is 1. The van der Waals surface area contributed by atoms with E-state index < -0.39 is 0 Å². The Hall–Kier alpha value is -0.870. The van der Waals surface area contributed by atoms with Gasteiger partial charge in [0, 0.05) is 17.5 Å². The van der Waals surface area contributed by atoms with Crippen molar-refractivity contribution in [2.75, 3.05) is 6.61 Å². The van der Waals surface area contributed by atoms with Crippen LogP contribution in [-0.2, 0) is 16.7 Å². The topological polar surface area (TPSA) is 63.9 Å². The van der Waals surface area contributed by atoms with Gasteiger partial charge < -0.3 is 4.84 Å². The summed E-state index contributed by atoms with van der Waals surface area (Å²) in [6, 6.07) is 0. The van der Waals surface area contributed by atoms with E-state index in [1.54, 1.807) is 0 Å². The highest BCUT2D eigenvalue weighted by Gasteiger charge is 2.19. The molecule has 1 rings (SSSR count). The molecular formula is C9H17N3O. The van der Waals surface area contributed by atoms with Crippen LogP contribution in [0.2, 0.25) is 0 Å². The monoisotopic (exact) mass is 183 g/mol. The number of hydrogen-bond donors (Lipinski definition) is 2. The predicted molar refractivity (Wildman–Crippen MR) is 51.1 cm³/mol. The van der Waals surface area contributed by atoms with Crippen molar-refractivity contribution in [3.63, 3.8) is 0 Å². The summed E-state index contributed by atoms with van der Waals surface area (Å²) < 4.78 is 0. The van der Waals surface area contributed by atoms with Gasteiger partial charge in [0.1, 0.15) is 0 Å². The molecule has 0 aromatic carbocycles. The zero-order valence-electron chi connectivity index (χ0n) is 8.42. The molecule has 0 bridgehead atoms. The van der Waals surface area contributed by atoms with Gasteiger partial charge in [-0.1, -0.05) is 20.8 Å². The first-order valence-electron chi connectivity index (χ1n) is 4.40. The van der Waals surface area contributed by atoms with E-state index in [2.05, 4.69) is 35.8 Å². The molecule has 3 N–H and O–H groups in total. The number of nitrogens with one attached hydrogen (secondary N) is 1. The molecule has 0 unspecified atom stereocenters. The van der Waals surface area contributed by atoms with Crippen LogP contribution in [0.15, 0.2) is 6.20 Å². The number of hydrogen-bond acceptors (Lipinski definition) is 3. The average molecular weight is 183 g/mol. The minimum absolute atomic E-state index is 0.0977. The van der Waals surface area contributed by atoms with Crippen molar-refractivity contribution in [2.24, 2.45) is 5.90 Å². The lowest BCUT2D eigenvalue weighted by Crippen LogP contribution is -2.15. The van der Waals surface area contributed by atoms with Gasteiger partial charge in [0.15, 0.2) is 0 Å². The maximum Gasteiger partial charge on any atom is 0.0720 e. The summed E-state index contributed by atoms with van der Waals surface area (Å²) in [5.74, 6) is 4.97. The van der Waals surface area contributed by atoms with E-state index in [1.807, 2.05) is 6.20 Å². The van der Waals surface area contributed by atoms with E-state index in [0.717, 1.165) is 12.1 Å². The molecular weight excluding hydrogens is 166 g/mol. The Morgan fingerprint density at radius 2 is 2.23 bits per heavy atom. The number of nitrogens with zero attached hydrogens (tertiary/aromatic N) is 1. The molecule has 0 saturated carbocycles. The fourth-order valence-corrected chi connectivity index (χ4v) is 1.32. The van der Waals surface area contributed by atoms with Crippen LogP contribution >= 0.6 is 0 Å². The summed E-state index contributed by atoms with van der Waals surface area (Å²) in [6.07, 6.45) is 2.64. The first kappa shape index (κ1) is 10.2. The van der Waals surface area contributed by atoms with Crippen molar-refractivity contribution in [2.45, 2.75) is 32.6 Å². The first-order valence-corrected chi connectivity index (χ1v) is 4.40. The van der Waals surface area contributed by atoms with Crippen molar-refractivity contribution in [1.29, 1.82) is 0 Å². The van der Waals surface area contributed by atoms with Crippen molar-refractivity contribution >= 4 is 0 Å². The number of aromatic nitrogens is 2. The molecule has 0 aliphatic carbocycles. The Kier molecular flexibility index (Phi) is 3.06. The Balaban J connectivity index is 2.77. The SMILES string of the molecule is CC(C)(C)c1[nH]ncc1CCON. The molecule has 0 fully saturated rings. The third kappa shape index (κ3) is 2.54. The van der Waals surface area contributed by atoms with Gasteiger partial charge in [-0.15, -0.1) is 0 Å². The third-order valence-corrected chi connectivity index (χ3v) is 1.96. The van der Waals surface area contributed by atoms with Gasteiger partial charge in [-0.05, 0) is 5.56 Å². The molecule has 74 valence electrons. The molecule has 0 radical (unpaired) electrons. The van der Waals surface area contributed by atoms with E-state index >= 15 is 0 Å². The van der Waals surface area contributed by atoms with Crippen molar-refractivity contribution < 1.29 is 4.84 Å². The van der Waals surface area contributed by atoms with Crippen molar-refractivity contribution in [3.05, 3.63) is 17.5 Å². The quantitative estimate of drug-likeness (QED) is 0.691. The number of rotatable bonds is 3. The smallest absolute Gasteiger partial charge is 0.0720 e. The lowest BCUT2D eigenvalue weighted by Gasteiger charge is -2.18. The Labute approximate surface area is 78.4 Å². The minimum Gasteiger partial charge on any atom is -0.304 e. The Bertz CT molecular complexity index is 262. The van der Waals surface area contributed by atoms with Gasteiger partial charge in [-0.25, -0.2) is 5.90 Å². The lowest BCUT2D eigenvalue weighted by atomic mass is 9.89. The first-order chi connectivity index (χ1) is 6.05. The molecule has 1 aromatic rings. The summed E-state index contributed by atoms with van der Waals surface area (Å²) in [5, 5.41) is 7.03. The van der Waals surface area contributed by atoms with Gasteiger partial charge in [-0.2, -0.15) is 5.10 Å². The molecule has 0 saturated heterocycles. The summed E-state index contributed by atoms with van der Waals surface area (Å²) in [6.45, 7) is 6.97. The second-order valence-corrected chi connectivity index (χ2v) is 4.14. The fraction of sp³-hybridized carbons (Fsp3) is 0.667. The zero-order chi connectivity index (χ0) is 9.90. The Morgan fingerprint density at radius 1 is 1.54 bits per heavy atom. The number of H-pyrrole nitrogens is 1. The van der Waals surface area contributed by atoms with E-state index in [-0.39, 0.29) is 5.41 Å². The van der Waals surface area contributed by atoms with Crippen LogP contribution in [0.25, 0.3) is 0 Å². The highest BCUT2D eigenvalue weighted by atomic mass is 16.6. The van der Waals surface area contributed by atoms with Crippen LogP contribution in [0.1, 0.15) is 32.0 Å². The van der Waals surface area contributed by atoms with Crippen LogP contribution in [0.5, 0.6) is 0 Å². The lowest BCUT2D eigenvalue weighted by molar-refractivity contribution is 0.141. The third-order valence-electron chi connectivity index (χ3n) is 1.96. The van der Waals surface area contributed by atoms with E-state index in [1.165, 1.54) is 5.56 Å². The average Bonchev–Trinajstić information content (AvgIpc) is 2.47. The van der Waals surface area contributed by atoms with Crippen LogP contribution in [0.4, 0.5) is 0 Å². The normalized spacial score (nSPS) is 12.0. The van der Waals surface area contributed by atoms with Gasteiger partial charge >= 0.3 is 0 Å². The van der Waals surface area contributed by atoms with E-state index in [0.29, 0.717) is 6.61 Å². The summed E-state index contributed by atoms with van der Waals surface area (Å²) in [5.41, 5.74) is 2.43. The summed E-state index contributed by atoms with van der Waals surface area (Å²) in [7, 11) is 0.